The van der Waals surface area contributed by atoms with Crippen LogP contribution in [0.4, 0.5) is 5.13 Å². The molecule has 1 aromatic carbocycles. The van der Waals surface area contributed by atoms with Crippen molar-refractivity contribution in [2.45, 2.75) is 20.3 Å². The maximum atomic E-state index is 11.3. The summed E-state index contributed by atoms with van der Waals surface area (Å²) in [6.45, 7) is 4.06. The van der Waals surface area contributed by atoms with Crippen molar-refractivity contribution in [3.8, 4) is 17.3 Å². The molecule has 0 aliphatic heterocycles. The van der Waals surface area contributed by atoms with E-state index >= 15 is 0 Å². The van der Waals surface area contributed by atoms with Gasteiger partial charge in [0.05, 0.1) is 11.8 Å². The van der Waals surface area contributed by atoms with Crippen molar-refractivity contribution >= 4 is 22.4 Å². The molecule has 0 fully saturated rings. The van der Waals surface area contributed by atoms with Crippen LogP contribution in [0.1, 0.15) is 17.5 Å². The lowest BCUT2D eigenvalue weighted by Crippen LogP contribution is -2.09. The summed E-state index contributed by atoms with van der Waals surface area (Å²) in [5.41, 5.74) is 4.23. The standard InChI is InChI=1S/C14H13N3OS/c1-9-3-4-10(2)11(7-9)12-8-19-14(16-12)17-13(18)5-6-15/h3-4,7-8H,5H2,1-2H3,(H,16,17,18). The molecule has 0 unspecified atom stereocenters. The number of aromatic nitrogens is 1. The molecule has 0 saturated heterocycles. The molecule has 0 bridgehead atoms. The molecule has 1 aromatic heterocycles. The van der Waals surface area contributed by atoms with Crippen molar-refractivity contribution in [3.63, 3.8) is 0 Å². The largest absolute Gasteiger partial charge is 0.301 e. The number of aryl methyl sites for hydroxylation is 2. The van der Waals surface area contributed by atoms with Crippen LogP contribution in [0.2, 0.25) is 0 Å². The molecule has 0 radical (unpaired) electrons. The van der Waals surface area contributed by atoms with Crippen molar-refractivity contribution in [3.05, 3.63) is 34.7 Å². The van der Waals surface area contributed by atoms with E-state index in [0.717, 1.165) is 16.8 Å². The van der Waals surface area contributed by atoms with Crippen LogP contribution in [0, 0.1) is 25.2 Å². The second-order valence-corrected chi connectivity index (χ2v) is 5.10. The summed E-state index contributed by atoms with van der Waals surface area (Å²) in [6, 6.07) is 7.99. The van der Waals surface area contributed by atoms with Crippen LogP contribution in [0.3, 0.4) is 0 Å². The van der Waals surface area contributed by atoms with Crippen molar-refractivity contribution < 1.29 is 4.79 Å². The second kappa shape index (κ2) is 5.63. The number of carbonyl (C=O) groups is 1. The molecular formula is C14H13N3OS. The minimum Gasteiger partial charge on any atom is -0.301 e. The van der Waals surface area contributed by atoms with Crippen LogP contribution in [0.5, 0.6) is 0 Å². The SMILES string of the molecule is Cc1ccc(C)c(-c2csc(NC(=O)CC#N)n2)c1. The molecule has 0 saturated carbocycles. The molecule has 0 atom stereocenters. The van der Waals surface area contributed by atoms with E-state index in [9.17, 15) is 4.79 Å². The van der Waals surface area contributed by atoms with Crippen LogP contribution in [-0.2, 0) is 4.79 Å². The zero-order valence-corrected chi connectivity index (χ0v) is 11.5. The van der Waals surface area contributed by atoms with E-state index in [4.69, 9.17) is 5.26 Å². The minimum atomic E-state index is -0.329. The molecule has 2 rings (SSSR count). The Hall–Kier alpha value is -2.19. The van der Waals surface area contributed by atoms with Gasteiger partial charge in [0.1, 0.15) is 6.42 Å². The van der Waals surface area contributed by atoms with Gasteiger partial charge < -0.3 is 5.32 Å². The maximum Gasteiger partial charge on any atom is 0.240 e. The third-order valence-electron chi connectivity index (χ3n) is 2.66. The molecule has 1 heterocycles. The van der Waals surface area contributed by atoms with Gasteiger partial charge >= 0.3 is 0 Å². The van der Waals surface area contributed by atoms with Gasteiger partial charge in [-0.25, -0.2) is 4.98 Å². The van der Waals surface area contributed by atoms with Crippen LogP contribution >= 0.6 is 11.3 Å². The molecule has 5 heteroatoms. The normalized spacial score (nSPS) is 9.95. The van der Waals surface area contributed by atoms with Gasteiger partial charge in [0.25, 0.3) is 0 Å². The van der Waals surface area contributed by atoms with Crippen LogP contribution < -0.4 is 5.32 Å². The second-order valence-electron chi connectivity index (χ2n) is 4.24. The molecule has 19 heavy (non-hydrogen) atoms. The number of hydrogen-bond donors (Lipinski definition) is 1. The Morgan fingerprint density at radius 3 is 3.00 bits per heavy atom. The molecule has 96 valence electrons. The highest BCUT2D eigenvalue weighted by Crippen LogP contribution is 2.28. The molecule has 4 nitrogen and oxygen atoms in total. The van der Waals surface area contributed by atoms with Gasteiger partial charge in [-0.05, 0) is 25.5 Å². The Morgan fingerprint density at radius 2 is 2.26 bits per heavy atom. The first-order chi connectivity index (χ1) is 9.10. The predicted molar refractivity (Wildman–Crippen MR) is 75.9 cm³/mol. The van der Waals surface area contributed by atoms with Crippen molar-refractivity contribution in [2.24, 2.45) is 0 Å². The number of nitrogens with zero attached hydrogens (tertiary/aromatic N) is 2. The van der Waals surface area contributed by atoms with Crippen molar-refractivity contribution in [2.75, 3.05) is 5.32 Å². The van der Waals surface area contributed by atoms with Gasteiger partial charge in [-0.2, -0.15) is 5.26 Å². The third kappa shape index (κ3) is 3.18. The number of nitrogens with one attached hydrogen (secondary N) is 1. The summed E-state index contributed by atoms with van der Waals surface area (Å²) in [5, 5.41) is 13.5. The summed E-state index contributed by atoms with van der Waals surface area (Å²) in [5.74, 6) is -0.329. The molecule has 1 N–H and O–H groups in total. The van der Waals surface area contributed by atoms with Crippen LogP contribution in [0.25, 0.3) is 11.3 Å². The smallest absolute Gasteiger partial charge is 0.240 e. The summed E-state index contributed by atoms with van der Waals surface area (Å²) in [7, 11) is 0. The first-order valence-electron chi connectivity index (χ1n) is 5.80. The Kier molecular flexibility index (Phi) is 3.93. The first-order valence-corrected chi connectivity index (χ1v) is 6.68. The predicted octanol–water partition coefficient (Wildman–Crippen LogP) is 3.28. The number of anilines is 1. The van der Waals surface area contributed by atoms with E-state index in [1.165, 1.54) is 16.9 Å². The van der Waals surface area contributed by atoms with Crippen molar-refractivity contribution in [1.82, 2.24) is 4.98 Å². The lowest BCUT2D eigenvalue weighted by molar-refractivity contribution is -0.115. The van der Waals surface area contributed by atoms with Gasteiger partial charge in [-0.15, -0.1) is 11.3 Å². The van der Waals surface area contributed by atoms with E-state index in [2.05, 4.69) is 28.5 Å². The number of hydrogen-bond acceptors (Lipinski definition) is 4. The highest BCUT2D eigenvalue weighted by atomic mass is 32.1. The third-order valence-corrected chi connectivity index (χ3v) is 3.42. The van der Waals surface area contributed by atoms with Crippen LogP contribution in [-0.4, -0.2) is 10.9 Å². The lowest BCUT2D eigenvalue weighted by atomic mass is 10.0. The highest BCUT2D eigenvalue weighted by molar-refractivity contribution is 7.14. The summed E-state index contributed by atoms with van der Waals surface area (Å²) < 4.78 is 0. The molecule has 0 aliphatic carbocycles. The Labute approximate surface area is 115 Å². The first kappa shape index (κ1) is 13.2. The molecule has 0 spiro atoms. The molecule has 2 aromatic rings. The van der Waals surface area contributed by atoms with E-state index in [0.29, 0.717) is 5.13 Å². The van der Waals surface area contributed by atoms with Crippen LogP contribution in [0.15, 0.2) is 23.6 Å². The Bertz CT molecular complexity index is 655. The zero-order chi connectivity index (χ0) is 13.8. The topological polar surface area (TPSA) is 65.8 Å². The number of thiazole rings is 1. The van der Waals surface area contributed by atoms with Gasteiger partial charge in [0, 0.05) is 10.9 Å². The van der Waals surface area contributed by atoms with Crippen molar-refractivity contribution in [1.29, 1.82) is 5.26 Å². The molecular weight excluding hydrogens is 258 g/mol. The Morgan fingerprint density at radius 1 is 1.47 bits per heavy atom. The van der Waals surface area contributed by atoms with Gasteiger partial charge in [-0.3, -0.25) is 4.79 Å². The minimum absolute atomic E-state index is 0.154. The number of benzene rings is 1. The number of rotatable bonds is 3. The average molecular weight is 271 g/mol. The maximum absolute atomic E-state index is 11.3. The van der Waals surface area contributed by atoms with E-state index < -0.39 is 0 Å². The average Bonchev–Trinajstić information content (AvgIpc) is 2.81. The molecule has 0 aliphatic rings. The van der Waals surface area contributed by atoms with E-state index in [-0.39, 0.29) is 12.3 Å². The lowest BCUT2D eigenvalue weighted by Gasteiger charge is -2.03. The Balaban J connectivity index is 2.24. The zero-order valence-electron chi connectivity index (χ0n) is 10.7. The van der Waals surface area contributed by atoms with Gasteiger partial charge in [-0.1, -0.05) is 17.7 Å². The quantitative estimate of drug-likeness (QED) is 0.931. The fraction of sp³-hybridized carbons (Fsp3) is 0.214. The van der Waals surface area contributed by atoms with Gasteiger partial charge in [0.15, 0.2) is 5.13 Å². The number of carbonyl (C=O) groups excluding carboxylic acids is 1. The summed E-state index contributed by atoms with van der Waals surface area (Å²) >= 11 is 1.36. The monoisotopic (exact) mass is 271 g/mol. The van der Waals surface area contributed by atoms with Gasteiger partial charge in [0.2, 0.25) is 5.91 Å². The number of nitriles is 1. The summed E-state index contributed by atoms with van der Waals surface area (Å²) in [4.78, 5) is 15.7. The summed E-state index contributed by atoms with van der Waals surface area (Å²) in [6.07, 6.45) is -0.154. The fourth-order valence-corrected chi connectivity index (χ4v) is 2.43. The van der Waals surface area contributed by atoms with E-state index in [1.807, 2.05) is 25.3 Å². The molecule has 1 amide bonds. The highest BCUT2D eigenvalue weighted by Gasteiger charge is 2.09. The van der Waals surface area contributed by atoms with E-state index in [1.54, 1.807) is 0 Å². The number of amides is 1. The fourth-order valence-electron chi connectivity index (χ4n) is 1.70.